The largest absolute Gasteiger partial charge is 0.437 e. The van der Waals surface area contributed by atoms with E-state index in [1.165, 1.54) is 0 Å². The van der Waals surface area contributed by atoms with E-state index in [-0.39, 0.29) is 4.90 Å². The maximum Gasteiger partial charge on any atom is 0.425 e. The molecule has 1 amide bonds. The number of carbonyl (C=O) groups is 1. The van der Waals surface area contributed by atoms with Gasteiger partial charge >= 0.3 is 12.3 Å². The smallest absolute Gasteiger partial charge is 0.425 e. The number of carbonyl (C=O) groups excluding carboxylic acids is 1. The van der Waals surface area contributed by atoms with Gasteiger partial charge in [-0.05, 0) is 27.7 Å². The van der Waals surface area contributed by atoms with E-state index in [1.807, 2.05) is 0 Å². The summed E-state index contributed by atoms with van der Waals surface area (Å²) in [6.45, 7) is -2.39. The Morgan fingerprint density at radius 1 is 1.32 bits per heavy atom. The Bertz CT molecular complexity index is 496. The second kappa shape index (κ2) is 5.56. The highest BCUT2D eigenvalue weighted by molar-refractivity contribution is 5.68. The van der Waals surface area contributed by atoms with Gasteiger partial charge in [0.1, 0.15) is 0 Å². The molecule has 0 spiro atoms. The molecule has 0 aliphatic carbocycles. The molecule has 1 aliphatic rings. The van der Waals surface area contributed by atoms with Crippen molar-refractivity contribution < 1.29 is 29.6 Å². The van der Waals surface area contributed by atoms with E-state index in [1.54, 1.807) is 20.8 Å². The van der Waals surface area contributed by atoms with Gasteiger partial charge in [-0.15, -0.1) is 0 Å². The molecule has 0 saturated carbocycles. The summed E-state index contributed by atoms with van der Waals surface area (Å²) in [4.78, 5) is 13.1. The minimum Gasteiger partial charge on any atom is -0.437 e. The Balaban J connectivity index is 3.15. The van der Waals surface area contributed by atoms with Gasteiger partial charge in [-0.3, -0.25) is 4.90 Å². The topological polar surface area (TPSA) is 32.8 Å². The Kier molecular flexibility index (Phi) is 2.88. The van der Waals surface area contributed by atoms with Gasteiger partial charge in [-0.25, -0.2) is 4.79 Å². The summed E-state index contributed by atoms with van der Waals surface area (Å²) >= 11 is 0. The van der Waals surface area contributed by atoms with Gasteiger partial charge in [-0.1, -0.05) is 0 Å². The minimum absolute atomic E-state index is 0.0808. The number of rotatable bonds is 1. The molecule has 19 heavy (non-hydrogen) atoms. The molecule has 0 aromatic carbocycles. The number of amides is 1. The van der Waals surface area contributed by atoms with Gasteiger partial charge in [0.15, 0.2) is 6.10 Å². The Hall–Kier alpha value is -0.980. The van der Waals surface area contributed by atoms with Gasteiger partial charge in [0.05, 0.1) is 4.11 Å². The van der Waals surface area contributed by atoms with E-state index in [0.29, 0.717) is 6.92 Å². The molecule has 1 aliphatic heterocycles. The van der Waals surface area contributed by atoms with Crippen LogP contribution in [0.1, 0.15) is 34.5 Å². The zero-order chi connectivity index (χ0) is 19.3. The molecule has 1 heterocycles. The quantitative estimate of drug-likeness (QED) is 0.743. The lowest BCUT2D eigenvalue weighted by molar-refractivity contribution is -0.200. The van der Waals surface area contributed by atoms with Gasteiger partial charge in [0.25, 0.3) is 0 Å². The van der Waals surface area contributed by atoms with Crippen molar-refractivity contribution in [3.8, 4) is 0 Å². The number of alkyl halides is 3. The molecule has 2 atom stereocenters. The number of halogens is 3. The summed E-state index contributed by atoms with van der Waals surface area (Å²) in [6.07, 6.45) is -9.06. The van der Waals surface area contributed by atoms with E-state index >= 15 is 0 Å². The average molecular weight is 287 g/mol. The van der Waals surface area contributed by atoms with Crippen LogP contribution in [0.4, 0.5) is 18.0 Å². The molecule has 2 unspecified atom stereocenters. The van der Waals surface area contributed by atoms with E-state index in [2.05, 4.69) is 4.74 Å². The van der Waals surface area contributed by atoms with Crippen LogP contribution < -0.4 is 0 Å². The number of hydrogen-bond acceptors (Lipinski definition) is 3. The Morgan fingerprint density at radius 3 is 2.37 bits per heavy atom. The molecule has 1 rings (SSSR count). The standard InChI is InChI=1S/C12H21F3N2O2/c1-9(12(13,14)15)19-10(18)16-5-7-17(8-6-16)11(2,3)4/h9H,5-8H2,1-4H3/i5D,6D2,7D2. The number of nitrogens with zero attached hydrogens (tertiary/aromatic N) is 2. The first-order valence-electron chi connectivity index (χ1n) is 8.27. The van der Waals surface area contributed by atoms with E-state index in [9.17, 15) is 18.0 Å². The summed E-state index contributed by atoms with van der Waals surface area (Å²) in [5.74, 6) is 0. The van der Waals surface area contributed by atoms with Crippen LogP contribution in [-0.2, 0) is 4.74 Å². The third kappa shape index (κ3) is 4.56. The zero-order valence-corrected chi connectivity index (χ0v) is 11.2. The van der Waals surface area contributed by atoms with Crippen molar-refractivity contribution in [1.29, 1.82) is 0 Å². The van der Waals surface area contributed by atoms with Crippen molar-refractivity contribution in [2.45, 2.75) is 45.5 Å². The fourth-order valence-corrected chi connectivity index (χ4v) is 1.19. The maximum absolute atomic E-state index is 12.5. The number of piperazine rings is 1. The Labute approximate surface area is 118 Å². The monoisotopic (exact) mass is 287 g/mol. The first-order valence-corrected chi connectivity index (χ1v) is 5.69. The lowest BCUT2D eigenvalue weighted by Gasteiger charge is -2.42. The molecule has 7 heteroatoms. The highest BCUT2D eigenvalue weighted by atomic mass is 19.4. The predicted molar refractivity (Wildman–Crippen MR) is 64.9 cm³/mol. The van der Waals surface area contributed by atoms with Crippen LogP contribution in [-0.4, -0.2) is 59.8 Å². The van der Waals surface area contributed by atoms with Crippen LogP contribution in [0.2, 0.25) is 0 Å². The molecule has 0 aromatic rings. The molecule has 0 aromatic heterocycles. The highest BCUT2D eigenvalue weighted by Crippen LogP contribution is 2.23. The second-order valence-corrected chi connectivity index (χ2v) is 5.11. The van der Waals surface area contributed by atoms with Gasteiger partial charge in [0.2, 0.25) is 0 Å². The summed E-state index contributed by atoms with van der Waals surface area (Å²) in [7, 11) is 0. The van der Waals surface area contributed by atoms with Crippen molar-refractivity contribution in [1.82, 2.24) is 9.80 Å². The summed E-state index contributed by atoms with van der Waals surface area (Å²) in [6, 6.07) is 0. The van der Waals surface area contributed by atoms with Crippen LogP contribution in [0.5, 0.6) is 0 Å². The van der Waals surface area contributed by atoms with Gasteiger partial charge < -0.3 is 9.64 Å². The summed E-state index contributed by atoms with van der Waals surface area (Å²) in [5.41, 5.74) is -0.870. The SMILES string of the molecule is [2H]C1N(C(=O)OC(C)C(F)(F)F)C([2H])([2H])CN(C(C)(C)C)C1([2H])[2H]. The average Bonchev–Trinajstić information content (AvgIpc) is 2.31. The molecular weight excluding hydrogens is 261 g/mol. The third-order valence-electron chi connectivity index (χ3n) is 2.49. The van der Waals surface area contributed by atoms with Crippen molar-refractivity contribution in [3.63, 3.8) is 0 Å². The lowest BCUT2D eigenvalue weighted by atomic mass is 10.1. The van der Waals surface area contributed by atoms with Gasteiger partial charge in [-0.2, -0.15) is 13.2 Å². The summed E-state index contributed by atoms with van der Waals surface area (Å²) < 4.78 is 81.5. The van der Waals surface area contributed by atoms with Gasteiger partial charge in [0, 0.05) is 34.3 Å². The van der Waals surface area contributed by atoms with Crippen molar-refractivity contribution >= 4 is 6.09 Å². The van der Waals surface area contributed by atoms with Crippen molar-refractivity contribution in [2.24, 2.45) is 0 Å². The Morgan fingerprint density at radius 2 is 1.89 bits per heavy atom. The zero-order valence-electron chi connectivity index (χ0n) is 16.2. The number of hydrogen-bond donors (Lipinski definition) is 0. The molecule has 1 fully saturated rings. The van der Waals surface area contributed by atoms with Crippen LogP contribution in [0, 0.1) is 0 Å². The maximum atomic E-state index is 12.5. The predicted octanol–water partition coefficient (Wildman–Crippen LogP) is 2.49. The normalized spacial score (nSPS) is 33.3. The van der Waals surface area contributed by atoms with Crippen LogP contribution in [0.25, 0.3) is 0 Å². The van der Waals surface area contributed by atoms with Crippen molar-refractivity contribution in [2.75, 3.05) is 26.1 Å². The highest BCUT2D eigenvalue weighted by Gasteiger charge is 2.40. The van der Waals surface area contributed by atoms with E-state index in [4.69, 9.17) is 6.85 Å². The number of ether oxygens (including phenoxy) is 1. The lowest BCUT2D eigenvalue weighted by Crippen LogP contribution is -2.55. The van der Waals surface area contributed by atoms with Crippen LogP contribution >= 0.6 is 0 Å². The summed E-state index contributed by atoms with van der Waals surface area (Å²) in [5, 5.41) is 0. The van der Waals surface area contributed by atoms with Crippen molar-refractivity contribution in [3.05, 3.63) is 0 Å². The molecule has 1 saturated heterocycles. The fourth-order valence-electron chi connectivity index (χ4n) is 1.19. The third-order valence-corrected chi connectivity index (χ3v) is 2.49. The fraction of sp³-hybridized carbons (Fsp3) is 0.917. The molecule has 0 N–H and O–H groups in total. The van der Waals surface area contributed by atoms with E-state index < -0.39 is 50.0 Å². The van der Waals surface area contributed by atoms with Crippen LogP contribution in [0.3, 0.4) is 0 Å². The second-order valence-electron chi connectivity index (χ2n) is 5.11. The molecular formula is C12H21F3N2O2. The first-order chi connectivity index (χ1) is 10.4. The molecule has 0 bridgehead atoms. The van der Waals surface area contributed by atoms with E-state index in [0.717, 1.165) is 4.90 Å². The molecule has 0 radical (unpaired) electrons. The first kappa shape index (κ1) is 9.85. The van der Waals surface area contributed by atoms with Crippen LogP contribution in [0.15, 0.2) is 0 Å². The molecule has 4 nitrogen and oxygen atoms in total. The minimum atomic E-state index is -4.84. The molecule has 112 valence electrons.